The van der Waals surface area contributed by atoms with Gasteiger partial charge in [0.25, 0.3) is 5.91 Å². The molecule has 3 rings (SSSR count). The Balaban J connectivity index is 1.61. The third-order valence-corrected chi connectivity index (χ3v) is 3.91. The molecule has 0 saturated carbocycles. The van der Waals surface area contributed by atoms with Gasteiger partial charge in [-0.2, -0.15) is 0 Å². The molecule has 0 saturated heterocycles. The Kier molecular flexibility index (Phi) is 5.89. The van der Waals surface area contributed by atoms with E-state index in [0.717, 1.165) is 12.1 Å². The molecular weight excluding hydrogens is 342 g/mol. The van der Waals surface area contributed by atoms with Crippen LogP contribution in [0, 0.1) is 0 Å². The number of ether oxygens (including phenoxy) is 1. The van der Waals surface area contributed by atoms with E-state index in [9.17, 15) is 9.90 Å². The second-order valence-electron chi connectivity index (χ2n) is 5.91. The summed E-state index contributed by atoms with van der Waals surface area (Å²) in [7, 11) is 0. The average Bonchev–Trinajstić information content (AvgIpc) is 2.70. The molecule has 0 spiro atoms. The van der Waals surface area contributed by atoms with E-state index in [1.807, 2.05) is 24.3 Å². The number of amides is 1. The molecule has 0 unspecified atom stereocenters. The van der Waals surface area contributed by atoms with Crippen LogP contribution in [0.1, 0.15) is 12.5 Å². The van der Waals surface area contributed by atoms with Crippen molar-refractivity contribution in [2.24, 2.45) is 0 Å². The number of phenolic OH excluding ortho intramolecular Hbond substituents is 1. The molecule has 2 aromatic carbocycles. The number of rotatable bonds is 7. The SMILES string of the molecule is CCc1ccc(OCC(=O)Nc2cccnc2Nc2ccc(O)cc2)cc1. The first-order chi connectivity index (χ1) is 13.1. The van der Waals surface area contributed by atoms with Crippen molar-refractivity contribution in [3.8, 4) is 11.5 Å². The smallest absolute Gasteiger partial charge is 0.262 e. The minimum atomic E-state index is -0.281. The van der Waals surface area contributed by atoms with Crippen LogP contribution in [0.15, 0.2) is 66.9 Å². The van der Waals surface area contributed by atoms with E-state index in [4.69, 9.17) is 4.74 Å². The zero-order valence-corrected chi connectivity index (χ0v) is 15.0. The number of pyridine rings is 1. The number of carbonyl (C=O) groups excluding carboxylic acids is 1. The first-order valence-corrected chi connectivity index (χ1v) is 8.66. The molecular formula is C21H21N3O3. The number of benzene rings is 2. The van der Waals surface area contributed by atoms with Crippen LogP contribution >= 0.6 is 0 Å². The van der Waals surface area contributed by atoms with Crippen LogP contribution in [0.25, 0.3) is 0 Å². The molecule has 1 amide bonds. The molecule has 138 valence electrons. The first-order valence-electron chi connectivity index (χ1n) is 8.66. The predicted octanol–water partition coefficient (Wildman–Crippen LogP) is 4.11. The molecule has 0 aliphatic heterocycles. The molecule has 0 radical (unpaired) electrons. The lowest BCUT2D eigenvalue weighted by molar-refractivity contribution is -0.118. The average molecular weight is 363 g/mol. The molecule has 1 heterocycles. The Labute approximate surface area is 157 Å². The van der Waals surface area contributed by atoms with Gasteiger partial charge in [0.1, 0.15) is 11.5 Å². The van der Waals surface area contributed by atoms with E-state index in [1.54, 1.807) is 42.6 Å². The van der Waals surface area contributed by atoms with E-state index < -0.39 is 0 Å². The summed E-state index contributed by atoms with van der Waals surface area (Å²) >= 11 is 0. The number of aryl methyl sites for hydroxylation is 1. The van der Waals surface area contributed by atoms with Crippen molar-refractivity contribution in [1.29, 1.82) is 0 Å². The summed E-state index contributed by atoms with van der Waals surface area (Å²) in [5, 5.41) is 15.3. The van der Waals surface area contributed by atoms with Crippen LogP contribution in [0.4, 0.5) is 17.2 Å². The van der Waals surface area contributed by atoms with Crippen molar-refractivity contribution < 1.29 is 14.6 Å². The summed E-state index contributed by atoms with van der Waals surface area (Å²) in [5.74, 6) is 1.05. The number of hydrogen-bond acceptors (Lipinski definition) is 5. The zero-order valence-electron chi connectivity index (χ0n) is 15.0. The number of aromatic hydroxyl groups is 1. The third kappa shape index (κ3) is 5.22. The highest BCUT2D eigenvalue weighted by Gasteiger charge is 2.09. The summed E-state index contributed by atoms with van der Waals surface area (Å²) in [6, 6.07) is 17.7. The van der Waals surface area contributed by atoms with Gasteiger partial charge in [-0.3, -0.25) is 4.79 Å². The van der Waals surface area contributed by atoms with Crippen molar-refractivity contribution >= 4 is 23.1 Å². The number of aromatic nitrogens is 1. The maximum atomic E-state index is 12.2. The fourth-order valence-electron chi connectivity index (χ4n) is 2.44. The molecule has 1 aromatic heterocycles. The number of anilines is 3. The third-order valence-electron chi connectivity index (χ3n) is 3.91. The number of hydrogen-bond donors (Lipinski definition) is 3. The predicted molar refractivity (Wildman–Crippen MR) is 106 cm³/mol. The number of nitrogens with one attached hydrogen (secondary N) is 2. The number of carbonyl (C=O) groups is 1. The Morgan fingerprint density at radius 1 is 1.07 bits per heavy atom. The summed E-state index contributed by atoms with van der Waals surface area (Å²) in [6.45, 7) is 1.99. The summed E-state index contributed by atoms with van der Waals surface area (Å²) in [5.41, 5.74) is 2.50. The van der Waals surface area contributed by atoms with Gasteiger partial charge in [-0.15, -0.1) is 0 Å². The zero-order chi connectivity index (χ0) is 19.1. The number of phenols is 1. The summed E-state index contributed by atoms with van der Waals surface area (Å²) in [6.07, 6.45) is 2.59. The van der Waals surface area contributed by atoms with Gasteiger partial charge in [0, 0.05) is 11.9 Å². The largest absolute Gasteiger partial charge is 0.508 e. The number of nitrogens with zero attached hydrogens (tertiary/aromatic N) is 1. The van der Waals surface area contributed by atoms with Crippen LogP contribution < -0.4 is 15.4 Å². The van der Waals surface area contributed by atoms with Crippen LogP contribution in [0.3, 0.4) is 0 Å². The Hall–Kier alpha value is -3.54. The Bertz CT molecular complexity index is 893. The quantitative estimate of drug-likeness (QED) is 0.550. The van der Waals surface area contributed by atoms with Crippen molar-refractivity contribution in [3.05, 3.63) is 72.4 Å². The Morgan fingerprint density at radius 2 is 1.81 bits per heavy atom. The highest BCUT2D eigenvalue weighted by Crippen LogP contribution is 2.24. The molecule has 0 aliphatic carbocycles. The standard InChI is InChI=1S/C21H21N3O3/c1-2-15-5-11-18(12-6-15)27-14-20(26)24-19-4-3-13-22-21(19)23-16-7-9-17(25)10-8-16/h3-13,25H,2,14H2,1H3,(H,22,23)(H,24,26). The molecule has 3 N–H and O–H groups in total. The molecule has 6 nitrogen and oxygen atoms in total. The molecule has 0 atom stereocenters. The normalized spacial score (nSPS) is 10.3. The Morgan fingerprint density at radius 3 is 2.52 bits per heavy atom. The second-order valence-corrected chi connectivity index (χ2v) is 5.91. The maximum Gasteiger partial charge on any atom is 0.262 e. The molecule has 0 fully saturated rings. The van der Waals surface area contributed by atoms with Gasteiger partial charge in [-0.05, 0) is 60.5 Å². The maximum absolute atomic E-state index is 12.2. The van der Waals surface area contributed by atoms with Crippen molar-refractivity contribution in [3.63, 3.8) is 0 Å². The first kappa shape index (κ1) is 18.3. The van der Waals surface area contributed by atoms with Crippen molar-refractivity contribution in [2.45, 2.75) is 13.3 Å². The van der Waals surface area contributed by atoms with E-state index in [1.165, 1.54) is 5.56 Å². The van der Waals surface area contributed by atoms with Gasteiger partial charge >= 0.3 is 0 Å². The molecule has 3 aromatic rings. The van der Waals surface area contributed by atoms with E-state index in [-0.39, 0.29) is 18.3 Å². The van der Waals surface area contributed by atoms with Gasteiger partial charge in [-0.25, -0.2) is 4.98 Å². The van der Waals surface area contributed by atoms with Crippen molar-refractivity contribution in [2.75, 3.05) is 17.2 Å². The van der Waals surface area contributed by atoms with E-state index in [2.05, 4.69) is 22.5 Å². The van der Waals surface area contributed by atoms with Crippen LogP contribution in [-0.4, -0.2) is 22.6 Å². The lowest BCUT2D eigenvalue weighted by Crippen LogP contribution is -2.21. The summed E-state index contributed by atoms with van der Waals surface area (Å²) < 4.78 is 5.53. The summed E-state index contributed by atoms with van der Waals surface area (Å²) in [4.78, 5) is 16.5. The lowest BCUT2D eigenvalue weighted by Gasteiger charge is -2.12. The molecule has 0 bridgehead atoms. The van der Waals surface area contributed by atoms with Crippen LogP contribution in [0.5, 0.6) is 11.5 Å². The van der Waals surface area contributed by atoms with Crippen molar-refractivity contribution in [1.82, 2.24) is 4.98 Å². The topological polar surface area (TPSA) is 83.5 Å². The van der Waals surface area contributed by atoms with E-state index in [0.29, 0.717) is 17.3 Å². The lowest BCUT2D eigenvalue weighted by atomic mass is 10.2. The molecule has 27 heavy (non-hydrogen) atoms. The van der Waals surface area contributed by atoms with Crippen LogP contribution in [-0.2, 0) is 11.2 Å². The van der Waals surface area contributed by atoms with Gasteiger partial charge in [0.05, 0.1) is 5.69 Å². The van der Waals surface area contributed by atoms with E-state index >= 15 is 0 Å². The molecule has 6 heteroatoms. The van der Waals surface area contributed by atoms with Gasteiger partial charge in [-0.1, -0.05) is 19.1 Å². The minimum absolute atomic E-state index is 0.0982. The van der Waals surface area contributed by atoms with Gasteiger partial charge in [0.15, 0.2) is 12.4 Å². The second kappa shape index (κ2) is 8.71. The van der Waals surface area contributed by atoms with Gasteiger partial charge < -0.3 is 20.5 Å². The highest BCUT2D eigenvalue weighted by molar-refractivity contribution is 5.95. The van der Waals surface area contributed by atoms with Gasteiger partial charge in [0.2, 0.25) is 0 Å². The van der Waals surface area contributed by atoms with Crippen LogP contribution in [0.2, 0.25) is 0 Å². The molecule has 0 aliphatic rings. The fourth-order valence-corrected chi connectivity index (χ4v) is 2.44. The fraction of sp³-hybridized carbons (Fsp3) is 0.143. The minimum Gasteiger partial charge on any atom is -0.508 e. The highest BCUT2D eigenvalue weighted by atomic mass is 16.5. The monoisotopic (exact) mass is 363 g/mol.